The highest BCUT2D eigenvalue weighted by Crippen LogP contribution is 2.17. The summed E-state index contributed by atoms with van der Waals surface area (Å²) in [5, 5.41) is 2.57. The fourth-order valence-corrected chi connectivity index (χ4v) is 2.09. The van der Waals surface area contributed by atoms with Crippen LogP contribution in [0, 0.1) is 16.4 Å². The van der Waals surface area contributed by atoms with Gasteiger partial charge in [0.25, 0.3) is 5.91 Å². The van der Waals surface area contributed by atoms with E-state index in [1.807, 2.05) is 19.1 Å². The molecule has 5 heteroatoms. The second kappa shape index (κ2) is 5.43. The first kappa shape index (κ1) is 12.9. The quantitative estimate of drug-likeness (QED) is 0.662. The average molecular weight is 356 g/mol. The molecule has 1 N–H and O–H groups in total. The molecular weight excluding hydrogens is 346 g/mol. The number of benzene rings is 1. The van der Waals surface area contributed by atoms with E-state index in [0.29, 0.717) is 5.56 Å². The monoisotopic (exact) mass is 356 g/mol. The molecule has 2 rings (SSSR count). The third-order valence-corrected chi connectivity index (χ3v) is 3.83. The van der Waals surface area contributed by atoms with Crippen molar-refractivity contribution in [3.8, 4) is 0 Å². The van der Waals surface area contributed by atoms with Crippen LogP contribution in [0.3, 0.4) is 0 Å². The summed E-state index contributed by atoms with van der Waals surface area (Å²) in [6.45, 7) is 1.93. The van der Waals surface area contributed by atoms with Crippen LogP contribution in [0.25, 0.3) is 0 Å². The first-order valence-corrected chi connectivity index (χ1v) is 6.35. The van der Waals surface area contributed by atoms with Gasteiger partial charge >= 0.3 is 0 Å². The Morgan fingerprint density at radius 3 is 2.72 bits per heavy atom. The predicted molar refractivity (Wildman–Crippen MR) is 76.0 cm³/mol. The van der Waals surface area contributed by atoms with Crippen LogP contribution < -0.4 is 5.32 Å². The van der Waals surface area contributed by atoms with Gasteiger partial charge in [-0.1, -0.05) is 18.2 Å². The topological polar surface area (TPSA) is 42.0 Å². The average Bonchev–Trinajstić information content (AvgIpc) is 2.32. The van der Waals surface area contributed by atoms with Crippen molar-refractivity contribution in [3.05, 3.63) is 57.0 Å². The van der Waals surface area contributed by atoms with E-state index in [2.05, 4.69) is 32.9 Å². The maximum Gasteiger partial charge on any atom is 0.257 e. The third-order valence-electron chi connectivity index (χ3n) is 2.39. The molecule has 1 heterocycles. The van der Waals surface area contributed by atoms with Crippen LogP contribution in [0.2, 0.25) is 0 Å². The number of amides is 1. The molecule has 0 atom stereocenters. The molecule has 1 aromatic carbocycles. The van der Waals surface area contributed by atoms with Gasteiger partial charge in [-0.3, -0.25) is 4.79 Å². The molecule has 0 saturated carbocycles. The lowest BCUT2D eigenvalue weighted by molar-refractivity contribution is 0.102. The maximum atomic E-state index is 12.9. The maximum absolute atomic E-state index is 12.9. The van der Waals surface area contributed by atoms with E-state index in [4.69, 9.17) is 0 Å². The van der Waals surface area contributed by atoms with Gasteiger partial charge < -0.3 is 5.32 Å². The number of rotatable bonds is 2. The molecule has 0 spiro atoms. The number of aromatic nitrogens is 1. The Labute approximate surface area is 118 Å². The lowest BCUT2D eigenvalue weighted by atomic mass is 10.1. The molecule has 0 aliphatic carbocycles. The highest BCUT2D eigenvalue weighted by molar-refractivity contribution is 14.1. The lowest BCUT2D eigenvalue weighted by Gasteiger charge is -2.07. The van der Waals surface area contributed by atoms with Crippen molar-refractivity contribution in [1.29, 1.82) is 0 Å². The minimum Gasteiger partial charge on any atom is -0.306 e. The number of nitrogens with zero attached hydrogens (tertiary/aromatic N) is 1. The molecule has 0 fully saturated rings. The van der Waals surface area contributed by atoms with Gasteiger partial charge in [-0.15, -0.1) is 0 Å². The van der Waals surface area contributed by atoms with E-state index in [-0.39, 0.29) is 11.7 Å². The number of carbonyl (C=O) groups excluding carboxylic acids is 1. The molecule has 3 nitrogen and oxygen atoms in total. The van der Waals surface area contributed by atoms with Crippen molar-refractivity contribution in [2.45, 2.75) is 6.92 Å². The van der Waals surface area contributed by atoms with Crippen LogP contribution in [0.5, 0.6) is 0 Å². The lowest BCUT2D eigenvalue weighted by Crippen LogP contribution is -2.15. The molecule has 0 radical (unpaired) electrons. The number of halogens is 2. The number of pyridine rings is 1. The van der Waals surface area contributed by atoms with Gasteiger partial charge in [0, 0.05) is 3.57 Å². The predicted octanol–water partition coefficient (Wildman–Crippen LogP) is 3.39. The van der Waals surface area contributed by atoms with Crippen LogP contribution >= 0.6 is 22.6 Å². The SMILES string of the molecule is Cc1cccc(C(=O)Nc2cccc(F)n2)c1I. The Bertz CT molecular complexity index is 601. The summed E-state index contributed by atoms with van der Waals surface area (Å²) in [5.74, 6) is -0.703. The first-order valence-electron chi connectivity index (χ1n) is 5.27. The molecular formula is C13H10FIN2O. The number of nitrogens with one attached hydrogen (secondary N) is 1. The van der Waals surface area contributed by atoms with Crippen LogP contribution in [0.4, 0.5) is 10.2 Å². The van der Waals surface area contributed by atoms with Crippen LogP contribution in [0.15, 0.2) is 36.4 Å². The van der Waals surface area contributed by atoms with Gasteiger partial charge in [-0.25, -0.2) is 4.98 Å². The van der Waals surface area contributed by atoms with Crippen LogP contribution in [-0.4, -0.2) is 10.9 Å². The molecule has 18 heavy (non-hydrogen) atoms. The fourth-order valence-electron chi connectivity index (χ4n) is 1.48. The Kier molecular flexibility index (Phi) is 3.90. The Hall–Kier alpha value is -1.50. The van der Waals surface area contributed by atoms with Gasteiger partial charge in [0.05, 0.1) is 5.56 Å². The van der Waals surface area contributed by atoms with Crippen molar-refractivity contribution in [2.75, 3.05) is 5.32 Å². The number of carbonyl (C=O) groups is 1. The number of hydrogen-bond donors (Lipinski definition) is 1. The second-order valence-electron chi connectivity index (χ2n) is 3.74. The normalized spacial score (nSPS) is 10.2. The van der Waals surface area contributed by atoms with Crippen molar-refractivity contribution < 1.29 is 9.18 Å². The van der Waals surface area contributed by atoms with Gasteiger partial charge in [-0.2, -0.15) is 4.39 Å². The van der Waals surface area contributed by atoms with E-state index in [1.165, 1.54) is 12.1 Å². The Balaban J connectivity index is 2.25. The summed E-state index contributed by atoms with van der Waals surface area (Å²) in [6, 6.07) is 9.74. The first-order chi connectivity index (χ1) is 8.58. The molecule has 1 amide bonds. The number of hydrogen-bond acceptors (Lipinski definition) is 2. The van der Waals surface area contributed by atoms with Crippen molar-refractivity contribution in [3.63, 3.8) is 0 Å². The molecule has 92 valence electrons. The molecule has 0 saturated heterocycles. The number of aryl methyl sites for hydroxylation is 1. The second-order valence-corrected chi connectivity index (χ2v) is 4.81. The van der Waals surface area contributed by atoms with E-state index < -0.39 is 5.95 Å². The van der Waals surface area contributed by atoms with Crippen LogP contribution in [-0.2, 0) is 0 Å². The summed E-state index contributed by atoms with van der Waals surface area (Å²) in [5.41, 5.74) is 1.58. The van der Waals surface area contributed by atoms with Gasteiger partial charge in [-0.05, 0) is 53.3 Å². The third kappa shape index (κ3) is 2.84. The molecule has 0 bridgehead atoms. The number of anilines is 1. The highest BCUT2D eigenvalue weighted by atomic mass is 127. The Morgan fingerprint density at radius 2 is 2.00 bits per heavy atom. The van der Waals surface area contributed by atoms with Crippen LogP contribution in [0.1, 0.15) is 15.9 Å². The zero-order valence-electron chi connectivity index (χ0n) is 9.58. The smallest absolute Gasteiger partial charge is 0.257 e. The molecule has 0 unspecified atom stereocenters. The standard InChI is InChI=1S/C13H10FIN2O/c1-8-4-2-5-9(12(8)15)13(18)17-11-7-3-6-10(14)16-11/h2-7H,1H3,(H,16,17,18). The summed E-state index contributed by atoms with van der Waals surface area (Å²) >= 11 is 2.11. The Morgan fingerprint density at radius 1 is 1.28 bits per heavy atom. The summed E-state index contributed by atoms with van der Waals surface area (Å²) in [6.07, 6.45) is 0. The zero-order valence-corrected chi connectivity index (χ0v) is 11.7. The summed E-state index contributed by atoms with van der Waals surface area (Å²) in [4.78, 5) is 15.6. The minimum absolute atomic E-state index is 0.206. The molecule has 0 aliphatic rings. The highest BCUT2D eigenvalue weighted by Gasteiger charge is 2.12. The van der Waals surface area contributed by atoms with E-state index in [0.717, 1.165) is 9.13 Å². The minimum atomic E-state index is -0.619. The van der Waals surface area contributed by atoms with Gasteiger partial charge in [0.2, 0.25) is 5.95 Å². The molecule has 2 aromatic rings. The summed E-state index contributed by atoms with van der Waals surface area (Å²) < 4.78 is 13.8. The summed E-state index contributed by atoms with van der Waals surface area (Å²) in [7, 11) is 0. The van der Waals surface area contributed by atoms with E-state index in [1.54, 1.807) is 12.1 Å². The van der Waals surface area contributed by atoms with Gasteiger partial charge in [0.1, 0.15) is 5.82 Å². The van der Waals surface area contributed by atoms with Gasteiger partial charge in [0.15, 0.2) is 0 Å². The van der Waals surface area contributed by atoms with Crippen molar-refractivity contribution in [1.82, 2.24) is 4.98 Å². The van der Waals surface area contributed by atoms with Crippen molar-refractivity contribution in [2.24, 2.45) is 0 Å². The molecule has 1 aromatic heterocycles. The van der Waals surface area contributed by atoms with E-state index in [9.17, 15) is 9.18 Å². The molecule has 0 aliphatic heterocycles. The zero-order chi connectivity index (χ0) is 13.1. The van der Waals surface area contributed by atoms with E-state index >= 15 is 0 Å². The fraction of sp³-hybridized carbons (Fsp3) is 0.0769. The van der Waals surface area contributed by atoms with Crippen molar-refractivity contribution >= 4 is 34.3 Å². The largest absolute Gasteiger partial charge is 0.306 e.